The zero-order valence-corrected chi connectivity index (χ0v) is 8.66. The molecule has 1 aromatic rings. The van der Waals surface area contributed by atoms with Crippen LogP contribution in [0.5, 0.6) is 0 Å². The van der Waals surface area contributed by atoms with Gasteiger partial charge in [-0.2, -0.15) is 0 Å². The van der Waals surface area contributed by atoms with Gasteiger partial charge in [0.05, 0.1) is 5.69 Å². The van der Waals surface area contributed by atoms with E-state index in [2.05, 4.69) is 15.6 Å². The molecule has 14 heavy (non-hydrogen) atoms. The normalized spacial score (nSPS) is 10.4. The van der Waals surface area contributed by atoms with Crippen molar-refractivity contribution in [2.24, 2.45) is 0 Å². The van der Waals surface area contributed by atoms with Crippen LogP contribution in [0.1, 0.15) is 26.0 Å². The van der Waals surface area contributed by atoms with Gasteiger partial charge < -0.3 is 5.32 Å². The maximum Gasteiger partial charge on any atom is 0.131 e. The maximum absolute atomic E-state index is 10.6. The molecule has 5 heteroatoms. The van der Waals surface area contributed by atoms with Crippen molar-refractivity contribution in [1.29, 1.82) is 0 Å². The highest BCUT2D eigenvalue weighted by molar-refractivity contribution is 5.75. The molecule has 0 amide bonds. The molecule has 0 fully saturated rings. The van der Waals surface area contributed by atoms with Crippen LogP contribution in [0, 0.1) is 0 Å². The maximum atomic E-state index is 10.6. The van der Waals surface area contributed by atoms with Crippen molar-refractivity contribution >= 4 is 5.78 Å². The van der Waals surface area contributed by atoms with E-state index in [4.69, 9.17) is 0 Å². The van der Waals surface area contributed by atoms with E-state index in [1.807, 2.05) is 13.1 Å². The zero-order valence-electron chi connectivity index (χ0n) is 8.66. The van der Waals surface area contributed by atoms with Gasteiger partial charge in [0, 0.05) is 32.3 Å². The van der Waals surface area contributed by atoms with E-state index < -0.39 is 0 Å². The smallest absolute Gasteiger partial charge is 0.131 e. The molecule has 0 unspecified atom stereocenters. The minimum Gasteiger partial charge on any atom is -0.311 e. The van der Waals surface area contributed by atoms with E-state index in [-0.39, 0.29) is 5.78 Å². The molecule has 78 valence electrons. The number of aromatic nitrogens is 3. The van der Waals surface area contributed by atoms with E-state index in [1.165, 1.54) is 0 Å². The summed E-state index contributed by atoms with van der Waals surface area (Å²) in [6.07, 6.45) is 2.47. The molecular weight excluding hydrogens is 180 g/mol. The van der Waals surface area contributed by atoms with Crippen LogP contribution in [0.2, 0.25) is 0 Å². The Balaban J connectivity index is 2.21. The first-order chi connectivity index (χ1) is 6.72. The van der Waals surface area contributed by atoms with Gasteiger partial charge >= 0.3 is 0 Å². The molecule has 1 rings (SSSR count). The number of Topliss-reactive ketones (excluding diaryl/α,β-unsaturated/α-hetero) is 1. The van der Waals surface area contributed by atoms with Gasteiger partial charge in [0.2, 0.25) is 0 Å². The fraction of sp³-hybridized carbons (Fsp3) is 0.667. The number of rotatable bonds is 6. The Morgan fingerprint density at radius 2 is 2.43 bits per heavy atom. The second kappa shape index (κ2) is 5.49. The van der Waals surface area contributed by atoms with Crippen molar-refractivity contribution < 1.29 is 4.79 Å². The molecule has 5 nitrogen and oxygen atoms in total. The number of carbonyl (C=O) groups excluding carboxylic acids is 1. The first-order valence-electron chi connectivity index (χ1n) is 4.81. The summed E-state index contributed by atoms with van der Waals surface area (Å²) in [5.41, 5.74) is 0.912. The first-order valence-corrected chi connectivity index (χ1v) is 4.81. The fourth-order valence-corrected chi connectivity index (χ4v) is 1.05. The number of nitrogens with zero attached hydrogens (tertiary/aromatic N) is 3. The van der Waals surface area contributed by atoms with E-state index in [0.29, 0.717) is 19.5 Å². The Bertz CT molecular complexity index is 295. The fourth-order valence-electron chi connectivity index (χ4n) is 1.05. The van der Waals surface area contributed by atoms with Crippen LogP contribution in [0.25, 0.3) is 0 Å². The summed E-state index contributed by atoms with van der Waals surface area (Å²) in [4.78, 5) is 10.6. The summed E-state index contributed by atoms with van der Waals surface area (Å²) >= 11 is 0. The average Bonchev–Trinajstić information content (AvgIpc) is 2.60. The molecule has 0 aliphatic rings. The lowest BCUT2D eigenvalue weighted by molar-refractivity contribution is -0.116. The van der Waals surface area contributed by atoms with Gasteiger partial charge in [-0.05, 0) is 13.8 Å². The lowest BCUT2D eigenvalue weighted by Crippen LogP contribution is -2.17. The molecule has 1 N–H and O–H groups in total. The van der Waals surface area contributed by atoms with Crippen molar-refractivity contribution in [1.82, 2.24) is 20.3 Å². The van der Waals surface area contributed by atoms with Crippen LogP contribution in [0.4, 0.5) is 0 Å². The van der Waals surface area contributed by atoms with Crippen molar-refractivity contribution in [3.8, 4) is 0 Å². The molecule has 1 heterocycles. The Morgan fingerprint density at radius 1 is 1.64 bits per heavy atom. The summed E-state index contributed by atoms with van der Waals surface area (Å²) in [5, 5.41) is 11.0. The summed E-state index contributed by atoms with van der Waals surface area (Å²) < 4.78 is 1.78. The van der Waals surface area contributed by atoms with Crippen molar-refractivity contribution in [3.63, 3.8) is 0 Å². The van der Waals surface area contributed by atoms with Crippen LogP contribution in [-0.2, 0) is 17.9 Å². The van der Waals surface area contributed by atoms with Crippen LogP contribution in [0.3, 0.4) is 0 Å². The average molecular weight is 196 g/mol. The Hall–Kier alpha value is -1.23. The largest absolute Gasteiger partial charge is 0.311 e. The standard InChI is InChI=1S/C9H16N4O/c1-3-13-7-9(11-12-13)6-10-5-4-8(2)14/h7,10H,3-6H2,1-2H3. The molecule has 0 saturated carbocycles. The summed E-state index contributed by atoms with van der Waals surface area (Å²) in [6, 6.07) is 0. The Kier molecular flexibility index (Phi) is 4.25. The highest BCUT2D eigenvalue weighted by Gasteiger charge is 1.98. The topological polar surface area (TPSA) is 59.8 Å². The predicted octanol–water partition coefficient (Wildman–Crippen LogP) is 0.367. The molecule has 0 saturated heterocycles. The number of ketones is 1. The molecule has 0 aliphatic carbocycles. The third-order valence-electron chi connectivity index (χ3n) is 1.87. The number of nitrogens with one attached hydrogen (secondary N) is 1. The van der Waals surface area contributed by atoms with Crippen LogP contribution < -0.4 is 5.32 Å². The van der Waals surface area contributed by atoms with E-state index in [0.717, 1.165) is 12.2 Å². The second-order valence-electron chi connectivity index (χ2n) is 3.19. The van der Waals surface area contributed by atoms with E-state index in [9.17, 15) is 4.79 Å². The number of hydrogen-bond acceptors (Lipinski definition) is 4. The van der Waals surface area contributed by atoms with Gasteiger partial charge in [-0.3, -0.25) is 9.48 Å². The zero-order chi connectivity index (χ0) is 10.4. The van der Waals surface area contributed by atoms with E-state index in [1.54, 1.807) is 11.6 Å². The Labute approximate surface area is 83.5 Å². The minimum absolute atomic E-state index is 0.203. The monoisotopic (exact) mass is 196 g/mol. The lowest BCUT2D eigenvalue weighted by atomic mass is 10.3. The summed E-state index contributed by atoms with van der Waals surface area (Å²) in [7, 11) is 0. The van der Waals surface area contributed by atoms with Crippen LogP contribution >= 0.6 is 0 Å². The molecular formula is C9H16N4O. The molecule has 0 spiro atoms. The van der Waals surface area contributed by atoms with E-state index >= 15 is 0 Å². The van der Waals surface area contributed by atoms with Gasteiger partial charge in [0.25, 0.3) is 0 Å². The highest BCUT2D eigenvalue weighted by Crippen LogP contribution is 1.92. The second-order valence-corrected chi connectivity index (χ2v) is 3.19. The number of hydrogen-bond donors (Lipinski definition) is 1. The molecule has 0 atom stereocenters. The SMILES string of the molecule is CCn1cc(CNCCC(C)=O)nn1. The summed E-state index contributed by atoms with van der Waals surface area (Å²) in [5.74, 6) is 0.203. The minimum atomic E-state index is 0.203. The summed E-state index contributed by atoms with van der Waals surface area (Å²) in [6.45, 7) is 5.82. The molecule has 0 aliphatic heterocycles. The van der Waals surface area contributed by atoms with Gasteiger partial charge in [0.1, 0.15) is 5.78 Å². The lowest BCUT2D eigenvalue weighted by Gasteiger charge is -1.98. The molecule has 0 bridgehead atoms. The number of aryl methyl sites for hydroxylation is 1. The van der Waals surface area contributed by atoms with Crippen molar-refractivity contribution in [3.05, 3.63) is 11.9 Å². The first kappa shape index (κ1) is 10.8. The van der Waals surface area contributed by atoms with Gasteiger partial charge in [0.15, 0.2) is 0 Å². The third kappa shape index (κ3) is 3.66. The predicted molar refractivity (Wildman–Crippen MR) is 52.7 cm³/mol. The van der Waals surface area contributed by atoms with Crippen molar-refractivity contribution in [2.75, 3.05) is 6.54 Å². The highest BCUT2D eigenvalue weighted by atomic mass is 16.1. The molecule has 1 aromatic heterocycles. The third-order valence-corrected chi connectivity index (χ3v) is 1.87. The molecule has 0 aromatic carbocycles. The van der Waals surface area contributed by atoms with Crippen molar-refractivity contribution in [2.45, 2.75) is 33.4 Å². The number of carbonyl (C=O) groups is 1. The van der Waals surface area contributed by atoms with Crippen LogP contribution in [-0.4, -0.2) is 27.3 Å². The van der Waals surface area contributed by atoms with Gasteiger partial charge in [-0.1, -0.05) is 5.21 Å². The van der Waals surface area contributed by atoms with Gasteiger partial charge in [-0.15, -0.1) is 5.10 Å². The van der Waals surface area contributed by atoms with Crippen LogP contribution in [0.15, 0.2) is 6.20 Å². The van der Waals surface area contributed by atoms with Gasteiger partial charge in [-0.25, -0.2) is 0 Å². The Morgan fingerprint density at radius 3 is 3.00 bits per heavy atom. The molecule has 0 radical (unpaired) electrons. The quantitative estimate of drug-likeness (QED) is 0.668.